The van der Waals surface area contributed by atoms with Crippen LogP contribution >= 0.6 is 0 Å². The third-order valence-corrected chi connectivity index (χ3v) is 4.49. The molecule has 1 aromatic rings. The number of hydrogen-bond acceptors (Lipinski definition) is 4. The van der Waals surface area contributed by atoms with Gasteiger partial charge in [-0.3, -0.25) is 4.68 Å². The molecule has 1 amide bonds. The van der Waals surface area contributed by atoms with Crippen molar-refractivity contribution in [3.63, 3.8) is 0 Å². The predicted octanol–water partition coefficient (Wildman–Crippen LogP) is 1.28. The molecule has 0 spiro atoms. The summed E-state index contributed by atoms with van der Waals surface area (Å²) in [5.41, 5.74) is 3.33. The van der Waals surface area contributed by atoms with E-state index < -0.39 is 0 Å². The van der Waals surface area contributed by atoms with E-state index in [0.29, 0.717) is 26.2 Å². The molecule has 0 bridgehead atoms. The molecule has 0 radical (unpaired) electrons. The van der Waals surface area contributed by atoms with Crippen LogP contribution < -0.4 is 5.32 Å². The second-order valence-electron chi connectivity index (χ2n) is 6.12. The van der Waals surface area contributed by atoms with Crippen LogP contribution in [-0.4, -0.2) is 71.0 Å². The van der Waals surface area contributed by atoms with Crippen LogP contribution in [0.15, 0.2) is 4.99 Å². The van der Waals surface area contributed by atoms with Gasteiger partial charge in [0.1, 0.15) is 0 Å². The topological polar surface area (TPSA) is 75.0 Å². The molecule has 0 unspecified atom stereocenters. The third-order valence-electron chi connectivity index (χ3n) is 4.49. The van der Waals surface area contributed by atoms with E-state index in [-0.39, 0.29) is 6.09 Å². The maximum absolute atomic E-state index is 11.8. The van der Waals surface area contributed by atoms with Crippen molar-refractivity contribution in [2.45, 2.75) is 34.2 Å². The average Bonchev–Trinajstić information content (AvgIpc) is 2.84. The molecule has 1 N–H and O–H groups in total. The largest absolute Gasteiger partial charge is 0.450 e. The molecule has 8 heteroatoms. The minimum absolute atomic E-state index is 0.231. The van der Waals surface area contributed by atoms with Gasteiger partial charge in [0.25, 0.3) is 0 Å². The standard InChI is InChI=1S/C17H30N6O2/c1-6-18-16(19-12-15-13(3)20-21(5)14(15)4)22-8-10-23(11-9-22)17(24)25-7-2/h6-12H2,1-5H3,(H,18,19). The van der Waals surface area contributed by atoms with Gasteiger partial charge in [0.15, 0.2) is 5.96 Å². The van der Waals surface area contributed by atoms with Gasteiger partial charge in [-0.15, -0.1) is 0 Å². The summed E-state index contributed by atoms with van der Waals surface area (Å²) in [4.78, 5) is 20.6. The number of rotatable bonds is 4. The van der Waals surface area contributed by atoms with Crippen LogP contribution in [0.4, 0.5) is 4.79 Å². The first-order valence-corrected chi connectivity index (χ1v) is 8.91. The highest BCUT2D eigenvalue weighted by Crippen LogP contribution is 2.13. The number of amides is 1. The number of aliphatic imine (C=N–C) groups is 1. The van der Waals surface area contributed by atoms with Crippen molar-refractivity contribution >= 4 is 12.1 Å². The highest BCUT2D eigenvalue weighted by molar-refractivity contribution is 5.80. The normalized spacial score (nSPS) is 15.5. The highest BCUT2D eigenvalue weighted by atomic mass is 16.6. The van der Waals surface area contributed by atoms with Gasteiger partial charge in [0.05, 0.1) is 18.8 Å². The van der Waals surface area contributed by atoms with E-state index >= 15 is 0 Å². The first-order valence-electron chi connectivity index (χ1n) is 8.91. The van der Waals surface area contributed by atoms with Crippen molar-refractivity contribution in [3.05, 3.63) is 17.0 Å². The summed E-state index contributed by atoms with van der Waals surface area (Å²) in [6.45, 7) is 12.6. The Morgan fingerprint density at radius 2 is 1.84 bits per heavy atom. The lowest BCUT2D eigenvalue weighted by molar-refractivity contribution is 0.0914. The second kappa shape index (κ2) is 8.73. The number of carbonyl (C=O) groups excluding carboxylic acids is 1. The smallest absolute Gasteiger partial charge is 0.409 e. The summed E-state index contributed by atoms with van der Waals surface area (Å²) in [7, 11) is 1.95. The Morgan fingerprint density at radius 1 is 1.20 bits per heavy atom. The summed E-state index contributed by atoms with van der Waals surface area (Å²) >= 11 is 0. The Hall–Kier alpha value is -2.25. The SMILES string of the molecule is CCNC(=NCc1c(C)nn(C)c1C)N1CCN(C(=O)OCC)CC1. The van der Waals surface area contributed by atoms with Crippen molar-refractivity contribution in [2.24, 2.45) is 12.0 Å². The molecule has 1 aromatic heterocycles. The Kier molecular flexibility index (Phi) is 6.66. The quantitative estimate of drug-likeness (QED) is 0.654. The number of aromatic nitrogens is 2. The van der Waals surface area contributed by atoms with Crippen LogP contribution in [0.25, 0.3) is 0 Å². The lowest BCUT2D eigenvalue weighted by Crippen LogP contribution is -2.53. The molecule has 140 valence electrons. The summed E-state index contributed by atoms with van der Waals surface area (Å²) < 4.78 is 6.97. The minimum Gasteiger partial charge on any atom is -0.450 e. The van der Waals surface area contributed by atoms with Crippen molar-refractivity contribution in [3.8, 4) is 0 Å². The minimum atomic E-state index is -0.231. The Balaban J connectivity index is 2.02. The molecular formula is C17H30N6O2. The van der Waals surface area contributed by atoms with E-state index in [9.17, 15) is 4.79 Å². The molecule has 8 nitrogen and oxygen atoms in total. The first-order chi connectivity index (χ1) is 12.0. The van der Waals surface area contributed by atoms with Crippen LogP contribution in [0.1, 0.15) is 30.8 Å². The van der Waals surface area contributed by atoms with Gasteiger partial charge < -0.3 is 19.9 Å². The number of piperazine rings is 1. The van der Waals surface area contributed by atoms with Crippen LogP contribution in [0.5, 0.6) is 0 Å². The molecule has 2 rings (SSSR count). The van der Waals surface area contributed by atoms with E-state index in [2.05, 4.69) is 29.2 Å². The Labute approximate surface area is 149 Å². The summed E-state index contributed by atoms with van der Waals surface area (Å²) in [6, 6.07) is 0. The fourth-order valence-electron chi connectivity index (χ4n) is 2.94. The van der Waals surface area contributed by atoms with Crippen molar-refractivity contribution in [1.82, 2.24) is 24.9 Å². The maximum atomic E-state index is 11.8. The van der Waals surface area contributed by atoms with Gasteiger partial charge in [-0.05, 0) is 27.7 Å². The number of carbonyl (C=O) groups is 1. The van der Waals surface area contributed by atoms with Crippen LogP contribution in [0.2, 0.25) is 0 Å². The molecule has 2 heterocycles. The zero-order valence-electron chi connectivity index (χ0n) is 16.0. The predicted molar refractivity (Wildman–Crippen MR) is 97.7 cm³/mol. The fraction of sp³-hybridized carbons (Fsp3) is 0.706. The lowest BCUT2D eigenvalue weighted by atomic mass is 10.2. The molecule has 25 heavy (non-hydrogen) atoms. The van der Waals surface area contributed by atoms with Gasteiger partial charge >= 0.3 is 6.09 Å². The van der Waals surface area contributed by atoms with Crippen LogP contribution in [-0.2, 0) is 18.3 Å². The fourth-order valence-corrected chi connectivity index (χ4v) is 2.94. The average molecular weight is 350 g/mol. The molecular weight excluding hydrogens is 320 g/mol. The Morgan fingerprint density at radius 3 is 2.36 bits per heavy atom. The molecule has 0 aliphatic carbocycles. The summed E-state index contributed by atoms with van der Waals surface area (Å²) in [5, 5.41) is 7.80. The molecule has 1 saturated heterocycles. The van der Waals surface area contributed by atoms with Gasteiger partial charge in [-0.1, -0.05) is 0 Å². The van der Waals surface area contributed by atoms with Gasteiger partial charge in [0, 0.05) is 51.0 Å². The van der Waals surface area contributed by atoms with Gasteiger partial charge in [-0.2, -0.15) is 5.10 Å². The van der Waals surface area contributed by atoms with E-state index in [1.807, 2.05) is 25.6 Å². The summed E-state index contributed by atoms with van der Waals surface area (Å²) in [5.74, 6) is 0.883. The van der Waals surface area contributed by atoms with E-state index in [4.69, 9.17) is 9.73 Å². The third kappa shape index (κ3) is 4.64. The van der Waals surface area contributed by atoms with Crippen molar-refractivity contribution < 1.29 is 9.53 Å². The van der Waals surface area contributed by atoms with Crippen molar-refractivity contribution in [2.75, 3.05) is 39.3 Å². The molecule has 1 aliphatic heterocycles. The first kappa shape index (κ1) is 19.1. The van der Waals surface area contributed by atoms with Crippen LogP contribution in [0.3, 0.4) is 0 Å². The van der Waals surface area contributed by atoms with Gasteiger partial charge in [0.2, 0.25) is 0 Å². The molecule has 0 atom stereocenters. The monoisotopic (exact) mass is 350 g/mol. The van der Waals surface area contributed by atoms with Crippen molar-refractivity contribution in [1.29, 1.82) is 0 Å². The zero-order valence-corrected chi connectivity index (χ0v) is 16.0. The van der Waals surface area contributed by atoms with E-state index in [0.717, 1.165) is 37.0 Å². The second-order valence-corrected chi connectivity index (χ2v) is 6.12. The molecule has 0 saturated carbocycles. The molecule has 1 aliphatic rings. The van der Waals surface area contributed by atoms with Crippen LogP contribution in [0, 0.1) is 13.8 Å². The zero-order chi connectivity index (χ0) is 18.4. The number of guanidine groups is 1. The number of nitrogens with zero attached hydrogens (tertiary/aromatic N) is 5. The highest BCUT2D eigenvalue weighted by Gasteiger charge is 2.23. The maximum Gasteiger partial charge on any atom is 0.409 e. The van der Waals surface area contributed by atoms with E-state index in [1.54, 1.807) is 4.90 Å². The number of aryl methyl sites for hydroxylation is 2. The molecule has 0 aromatic carbocycles. The van der Waals surface area contributed by atoms with E-state index in [1.165, 1.54) is 5.56 Å². The number of hydrogen-bond donors (Lipinski definition) is 1. The lowest BCUT2D eigenvalue weighted by Gasteiger charge is -2.35. The number of ether oxygens (including phenoxy) is 1. The van der Waals surface area contributed by atoms with Gasteiger partial charge in [-0.25, -0.2) is 9.79 Å². The number of nitrogens with one attached hydrogen (secondary N) is 1. The Bertz CT molecular complexity index is 617. The summed E-state index contributed by atoms with van der Waals surface area (Å²) in [6.07, 6.45) is -0.231. The molecule has 1 fully saturated rings.